The normalized spacial score (nSPS) is 22.9. The van der Waals surface area contributed by atoms with E-state index in [1.165, 1.54) is 5.56 Å². The quantitative estimate of drug-likeness (QED) is 0.824. The van der Waals surface area contributed by atoms with Gasteiger partial charge in [-0.1, -0.05) is 23.7 Å². The Morgan fingerprint density at radius 2 is 2.13 bits per heavy atom. The highest BCUT2D eigenvalue weighted by atomic mass is 35.5. The molecule has 1 heterocycles. The summed E-state index contributed by atoms with van der Waals surface area (Å²) in [6.07, 6.45) is 1.08. The summed E-state index contributed by atoms with van der Waals surface area (Å²) in [6, 6.07) is 8.72. The number of hydrogen-bond donors (Lipinski definition) is 1. The molecule has 1 aliphatic heterocycles. The third kappa shape index (κ3) is 3.20. The van der Waals surface area contributed by atoms with Crippen molar-refractivity contribution in [1.29, 1.82) is 0 Å². The van der Waals surface area contributed by atoms with Gasteiger partial charge in [-0.05, 0) is 31.2 Å². The van der Waals surface area contributed by atoms with Crippen LogP contribution in [-0.2, 0) is 6.42 Å². The number of nitrogens with zero attached hydrogens (tertiary/aromatic N) is 1. The summed E-state index contributed by atoms with van der Waals surface area (Å²) in [4.78, 5) is 2.37. The summed E-state index contributed by atoms with van der Waals surface area (Å²) in [5.74, 6) is 0. The number of benzene rings is 1. The molecule has 1 unspecified atom stereocenters. The fourth-order valence-corrected chi connectivity index (χ4v) is 2.16. The summed E-state index contributed by atoms with van der Waals surface area (Å²) in [6.45, 7) is 3.37. The zero-order chi connectivity index (χ0) is 10.7. The molecule has 1 saturated heterocycles. The second kappa shape index (κ2) is 4.97. The minimum Gasteiger partial charge on any atom is -0.311 e. The summed E-state index contributed by atoms with van der Waals surface area (Å²) in [5, 5.41) is 4.35. The first kappa shape index (κ1) is 10.9. The Bertz CT molecular complexity index is 310. The van der Waals surface area contributed by atoms with Crippen LogP contribution in [0.1, 0.15) is 5.56 Å². The first-order chi connectivity index (χ1) is 7.24. The zero-order valence-corrected chi connectivity index (χ0v) is 9.80. The van der Waals surface area contributed by atoms with Crippen molar-refractivity contribution in [3.63, 3.8) is 0 Å². The van der Waals surface area contributed by atoms with Gasteiger partial charge in [-0.3, -0.25) is 0 Å². The van der Waals surface area contributed by atoms with Crippen LogP contribution in [0.25, 0.3) is 0 Å². The fourth-order valence-electron chi connectivity index (χ4n) is 2.03. The van der Waals surface area contributed by atoms with Gasteiger partial charge in [-0.2, -0.15) is 0 Å². The van der Waals surface area contributed by atoms with Gasteiger partial charge in [0, 0.05) is 30.7 Å². The molecule has 1 aliphatic rings. The summed E-state index contributed by atoms with van der Waals surface area (Å²) >= 11 is 5.85. The lowest BCUT2D eigenvalue weighted by atomic mass is 10.0. The Morgan fingerprint density at radius 3 is 2.80 bits per heavy atom. The molecule has 1 N–H and O–H groups in total. The van der Waals surface area contributed by atoms with Crippen LogP contribution in [0, 0.1) is 0 Å². The lowest BCUT2D eigenvalue weighted by molar-refractivity contribution is 0.238. The molecule has 1 atom stereocenters. The van der Waals surface area contributed by atoms with E-state index in [1.807, 2.05) is 12.1 Å². The van der Waals surface area contributed by atoms with Gasteiger partial charge in [-0.25, -0.2) is 0 Å². The van der Waals surface area contributed by atoms with E-state index in [-0.39, 0.29) is 0 Å². The van der Waals surface area contributed by atoms with Crippen molar-refractivity contribution >= 4 is 11.6 Å². The van der Waals surface area contributed by atoms with E-state index in [0.29, 0.717) is 6.04 Å². The van der Waals surface area contributed by atoms with E-state index >= 15 is 0 Å². The molecule has 1 fully saturated rings. The van der Waals surface area contributed by atoms with Gasteiger partial charge in [-0.15, -0.1) is 0 Å². The molecule has 1 aromatic carbocycles. The van der Waals surface area contributed by atoms with Crippen LogP contribution in [0.5, 0.6) is 0 Å². The molecule has 0 amide bonds. The maximum atomic E-state index is 5.85. The molecule has 1 aromatic rings. The van der Waals surface area contributed by atoms with Gasteiger partial charge in [0.2, 0.25) is 0 Å². The van der Waals surface area contributed by atoms with Crippen LogP contribution in [0.3, 0.4) is 0 Å². The van der Waals surface area contributed by atoms with Crippen molar-refractivity contribution in [2.75, 3.05) is 26.7 Å². The van der Waals surface area contributed by atoms with Crippen LogP contribution < -0.4 is 5.32 Å². The van der Waals surface area contributed by atoms with Crippen molar-refractivity contribution in [3.05, 3.63) is 34.9 Å². The lowest BCUT2D eigenvalue weighted by Crippen LogP contribution is -2.49. The summed E-state index contributed by atoms with van der Waals surface area (Å²) < 4.78 is 0. The van der Waals surface area contributed by atoms with E-state index in [1.54, 1.807) is 0 Å². The van der Waals surface area contributed by atoms with Crippen LogP contribution in [0.2, 0.25) is 5.02 Å². The Labute approximate surface area is 96.2 Å². The number of halogens is 1. The molecule has 2 nitrogen and oxygen atoms in total. The van der Waals surface area contributed by atoms with Gasteiger partial charge in [0.25, 0.3) is 0 Å². The van der Waals surface area contributed by atoms with E-state index in [4.69, 9.17) is 11.6 Å². The topological polar surface area (TPSA) is 15.3 Å². The summed E-state index contributed by atoms with van der Waals surface area (Å²) in [5.41, 5.74) is 1.35. The molecule has 0 saturated carbocycles. The number of hydrogen-bond acceptors (Lipinski definition) is 2. The van der Waals surface area contributed by atoms with Gasteiger partial charge >= 0.3 is 0 Å². The highest BCUT2D eigenvalue weighted by molar-refractivity contribution is 6.30. The Kier molecular flexibility index (Phi) is 3.62. The molecule has 0 aliphatic carbocycles. The highest BCUT2D eigenvalue weighted by Gasteiger charge is 2.16. The van der Waals surface area contributed by atoms with Crippen LogP contribution >= 0.6 is 11.6 Å². The standard InChI is InChI=1S/C12H17ClN2/c1-15-7-6-14-12(9-15)8-10-2-4-11(13)5-3-10/h2-5,12,14H,6-9H2,1H3. The first-order valence-electron chi connectivity index (χ1n) is 5.40. The SMILES string of the molecule is CN1CCNC(Cc2ccc(Cl)cc2)C1. The monoisotopic (exact) mass is 224 g/mol. The van der Waals surface area contributed by atoms with Gasteiger partial charge < -0.3 is 10.2 Å². The molecule has 0 spiro atoms. The predicted octanol–water partition coefficient (Wildman–Crippen LogP) is 1.79. The second-order valence-electron chi connectivity index (χ2n) is 4.24. The van der Waals surface area contributed by atoms with Crippen molar-refractivity contribution in [1.82, 2.24) is 10.2 Å². The Hall–Kier alpha value is -0.570. The number of piperazine rings is 1. The van der Waals surface area contributed by atoms with Crippen LogP contribution in [0.15, 0.2) is 24.3 Å². The van der Waals surface area contributed by atoms with Crippen molar-refractivity contribution < 1.29 is 0 Å². The molecular weight excluding hydrogens is 208 g/mol. The molecule has 15 heavy (non-hydrogen) atoms. The van der Waals surface area contributed by atoms with Crippen molar-refractivity contribution in [2.24, 2.45) is 0 Å². The largest absolute Gasteiger partial charge is 0.311 e. The molecule has 0 radical (unpaired) electrons. The van der Waals surface area contributed by atoms with Crippen molar-refractivity contribution in [2.45, 2.75) is 12.5 Å². The highest BCUT2D eigenvalue weighted by Crippen LogP contribution is 2.12. The van der Waals surface area contributed by atoms with Gasteiger partial charge in [0.1, 0.15) is 0 Å². The number of rotatable bonds is 2. The van der Waals surface area contributed by atoms with E-state index in [9.17, 15) is 0 Å². The Balaban J connectivity index is 1.93. The predicted molar refractivity (Wildman–Crippen MR) is 64.4 cm³/mol. The third-order valence-electron chi connectivity index (χ3n) is 2.85. The third-order valence-corrected chi connectivity index (χ3v) is 3.11. The lowest BCUT2D eigenvalue weighted by Gasteiger charge is -2.31. The second-order valence-corrected chi connectivity index (χ2v) is 4.68. The van der Waals surface area contributed by atoms with Crippen molar-refractivity contribution in [3.8, 4) is 0 Å². The van der Waals surface area contributed by atoms with Gasteiger partial charge in [0.05, 0.1) is 0 Å². The zero-order valence-electron chi connectivity index (χ0n) is 9.04. The molecule has 0 aromatic heterocycles. The number of likely N-dealkylation sites (N-methyl/N-ethyl adjacent to an activating group) is 1. The first-order valence-corrected chi connectivity index (χ1v) is 5.78. The van der Waals surface area contributed by atoms with Gasteiger partial charge in [0.15, 0.2) is 0 Å². The maximum Gasteiger partial charge on any atom is 0.0406 e. The van der Waals surface area contributed by atoms with E-state index in [0.717, 1.165) is 31.1 Å². The molecule has 2 rings (SSSR count). The average Bonchev–Trinajstić information content (AvgIpc) is 2.22. The molecule has 82 valence electrons. The smallest absolute Gasteiger partial charge is 0.0406 e. The maximum absolute atomic E-state index is 5.85. The van der Waals surface area contributed by atoms with E-state index < -0.39 is 0 Å². The molecule has 3 heteroatoms. The van der Waals surface area contributed by atoms with Crippen LogP contribution in [-0.4, -0.2) is 37.6 Å². The van der Waals surface area contributed by atoms with E-state index in [2.05, 4.69) is 29.4 Å². The molecule has 0 bridgehead atoms. The van der Waals surface area contributed by atoms with Crippen LogP contribution in [0.4, 0.5) is 0 Å². The summed E-state index contributed by atoms with van der Waals surface area (Å²) in [7, 11) is 2.18. The number of nitrogens with one attached hydrogen (secondary N) is 1. The molecular formula is C12H17ClN2. The minimum absolute atomic E-state index is 0.574. The average molecular weight is 225 g/mol. The Morgan fingerprint density at radius 1 is 1.40 bits per heavy atom. The minimum atomic E-state index is 0.574. The fraction of sp³-hybridized carbons (Fsp3) is 0.500.